The van der Waals surface area contributed by atoms with Gasteiger partial charge in [-0.2, -0.15) is 0 Å². The Kier molecular flexibility index (Phi) is 6.88. The molecule has 0 aromatic heterocycles. The van der Waals surface area contributed by atoms with Gasteiger partial charge in [-0.05, 0) is 37.0 Å². The minimum absolute atomic E-state index is 0. The molecule has 0 radical (unpaired) electrons. The molecule has 1 saturated heterocycles. The van der Waals surface area contributed by atoms with Gasteiger partial charge in [0.15, 0.2) is 5.96 Å². The summed E-state index contributed by atoms with van der Waals surface area (Å²) < 4.78 is 14.3. The maximum absolute atomic E-state index is 14.3. The molecule has 0 amide bonds. The fraction of sp³-hybridized carbons (Fsp3) is 0.562. The molecular weight excluding hydrogens is 410 g/mol. The lowest BCUT2D eigenvalue weighted by Gasteiger charge is -2.31. The Morgan fingerprint density at radius 2 is 2.13 bits per heavy atom. The third kappa shape index (κ3) is 4.94. The number of guanidine groups is 1. The molecule has 0 unspecified atom stereocenters. The second kappa shape index (κ2) is 8.68. The van der Waals surface area contributed by atoms with Crippen LogP contribution < -0.4 is 15.5 Å². The maximum atomic E-state index is 14.3. The standard InChI is InChI=1S/C16H23FN4O.HI/c17-14-10-12(11-20-16-18-6-1-7-19-16)2-3-15(14)21-8-4-13(22)5-9-21;/h2-3,10,13,22H,1,4-9,11H2,(H2,18,19,20);1H. The molecular formula is C16H24FIN4O. The second-order valence-corrected chi connectivity index (χ2v) is 5.87. The van der Waals surface area contributed by atoms with E-state index in [1.165, 1.54) is 0 Å². The SMILES string of the molecule is I.OC1CCN(c2ccc(CNC3=NCCCN3)cc2F)CC1. The van der Waals surface area contributed by atoms with Crippen molar-refractivity contribution in [1.29, 1.82) is 0 Å². The van der Waals surface area contributed by atoms with Crippen molar-refractivity contribution in [3.63, 3.8) is 0 Å². The summed E-state index contributed by atoms with van der Waals surface area (Å²) in [5, 5.41) is 15.9. The summed E-state index contributed by atoms with van der Waals surface area (Å²) >= 11 is 0. The van der Waals surface area contributed by atoms with Gasteiger partial charge < -0.3 is 20.6 Å². The van der Waals surface area contributed by atoms with Crippen LogP contribution in [0.4, 0.5) is 10.1 Å². The molecule has 0 saturated carbocycles. The zero-order valence-corrected chi connectivity index (χ0v) is 15.4. The molecule has 2 heterocycles. The first-order valence-corrected chi connectivity index (χ1v) is 7.96. The molecule has 1 aromatic rings. The van der Waals surface area contributed by atoms with Crippen molar-refractivity contribution >= 4 is 35.6 Å². The van der Waals surface area contributed by atoms with E-state index >= 15 is 0 Å². The summed E-state index contributed by atoms with van der Waals surface area (Å²) in [6.07, 6.45) is 2.22. The molecule has 1 aromatic carbocycles. The van der Waals surface area contributed by atoms with Gasteiger partial charge in [-0.15, -0.1) is 24.0 Å². The van der Waals surface area contributed by atoms with Crippen LogP contribution >= 0.6 is 24.0 Å². The van der Waals surface area contributed by atoms with Gasteiger partial charge in [-0.1, -0.05) is 6.07 Å². The minimum Gasteiger partial charge on any atom is -0.393 e. The van der Waals surface area contributed by atoms with Gasteiger partial charge in [0.1, 0.15) is 5.82 Å². The number of piperidine rings is 1. The number of aliphatic hydroxyl groups is 1. The predicted octanol–water partition coefficient (Wildman–Crippen LogP) is 1.84. The van der Waals surface area contributed by atoms with Crippen LogP contribution in [0.3, 0.4) is 0 Å². The first kappa shape index (κ1) is 18.3. The van der Waals surface area contributed by atoms with Crippen LogP contribution in [0, 0.1) is 5.82 Å². The molecule has 2 aliphatic heterocycles. The van der Waals surface area contributed by atoms with Gasteiger partial charge in [-0.3, -0.25) is 4.99 Å². The summed E-state index contributed by atoms with van der Waals surface area (Å²) in [5.74, 6) is 0.593. The van der Waals surface area contributed by atoms with Crippen LogP contribution in [0.2, 0.25) is 0 Å². The Morgan fingerprint density at radius 1 is 1.35 bits per heavy atom. The molecule has 3 rings (SSSR count). The number of hydrogen-bond donors (Lipinski definition) is 3. The first-order chi connectivity index (χ1) is 10.7. The number of benzene rings is 1. The number of halogens is 2. The van der Waals surface area contributed by atoms with Crippen LogP contribution in [0.15, 0.2) is 23.2 Å². The zero-order chi connectivity index (χ0) is 15.4. The Morgan fingerprint density at radius 3 is 2.78 bits per heavy atom. The number of aliphatic imine (C=N–C) groups is 1. The molecule has 0 atom stereocenters. The van der Waals surface area contributed by atoms with E-state index in [0.29, 0.717) is 38.2 Å². The summed E-state index contributed by atoms with van der Waals surface area (Å²) in [7, 11) is 0. The Balaban J connectivity index is 0.00000192. The predicted molar refractivity (Wildman–Crippen MR) is 101 cm³/mol. The molecule has 0 bridgehead atoms. The number of nitrogens with one attached hydrogen (secondary N) is 2. The van der Waals surface area contributed by atoms with Crippen LogP contribution in [0.1, 0.15) is 24.8 Å². The largest absolute Gasteiger partial charge is 0.393 e. The lowest BCUT2D eigenvalue weighted by molar-refractivity contribution is 0.145. The normalized spacial score (nSPS) is 18.7. The molecule has 5 nitrogen and oxygen atoms in total. The highest BCUT2D eigenvalue weighted by Gasteiger charge is 2.19. The molecule has 2 aliphatic rings. The maximum Gasteiger partial charge on any atom is 0.191 e. The van der Waals surface area contributed by atoms with Gasteiger partial charge in [0.05, 0.1) is 11.8 Å². The van der Waals surface area contributed by atoms with E-state index in [1.54, 1.807) is 6.07 Å². The average Bonchev–Trinajstić information content (AvgIpc) is 2.55. The van der Waals surface area contributed by atoms with Crippen molar-refractivity contribution in [2.24, 2.45) is 4.99 Å². The molecule has 0 aliphatic carbocycles. The third-order valence-electron chi connectivity index (χ3n) is 4.17. The number of anilines is 1. The summed E-state index contributed by atoms with van der Waals surface area (Å²) in [4.78, 5) is 6.34. The number of rotatable bonds is 3. The second-order valence-electron chi connectivity index (χ2n) is 5.87. The van der Waals surface area contributed by atoms with Crippen molar-refractivity contribution in [1.82, 2.24) is 10.6 Å². The van der Waals surface area contributed by atoms with Crippen LogP contribution in [-0.4, -0.2) is 43.3 Å². The molecule has 3 N–H and O–H groups in total. The monoisotopic (exact) mass is 434 g/mol. The Hall–Kier alpha value is -1.09. The molecule has 7 heteroatoms. The van der Waals surface area contributed by atoms with Gasteiger partial charge in [0.25, 0.3) is 0 Å². The van der Waals surface area contributed by atoms with E-state index in [0.717, 1.165) is 31.0 Å². The Labute approximate surface area is 153 Å². The van der Waals surface area contributed by atoms with E-state index in [9.17, 15) is 9.50 Å². The highest BCUT2D eigenvalue weighted by atomic mass is 127. The van der Waals surface area contributed by atoms with E-state index in [2.05, 4.69) is 15.6 Å². The van der Waals surface area contributed by atoms with Gasteiger partial charge in [0.2, 0.25) is 0 Å². The van der Waals surface area contributed by atoms with Crippen LogP contribution in [0.5, 0.6) is 0 Å². The van der Waals surface area contributed by atoms with Crippen molar-refractivity contribution in [2.45, 2.75) is 31.9 Å². The molecule has 1 fully saturated rings. The van der Waals surface area contributed by atoms with Gasteiger partial charge in [0, 0.05) is 32.7 Å². The van der Waals surface area contributed by atoms with E-state index in [4.69, 9.17) is 0 Å². The van der Waals surface area contributed by atoms with Crippen LogP contribution in [0.25, 0.3) is 0 Å². The lowest BCUT2D eigenvalue weighted by atomic mass is 10.1. The van der Waals surface area contributed by atoms with Crippen molar-refractivity contribution in [2.75, 3.05) is 31.1 Å². The molecule has 0 spiro atoms. The van der Waals surface area contributed by atoms with Gasteiger partial charge >= 0.3 is 0 Å². The topological polar surface area (TPSA) is 59.9 Å². The van der Waals surface area contributed by atoms with E-state index in [1.807, 2.05) is 17.0 Å². The van der Waals surface area contributed by atoms with Gasteiger partial charge in [-0.25, -0.2) is 4.39 Å². The number of aliphatic hydroxyl groups excluding tert-OH is 1. The van der Waals surface area contributed by atoms with Crippen LogP contribution in [-0.2, 0) is 6.54 Å². The summed E-state index contributed by atoms with van der Waals surface area (Å²) in [5.41, 5.74) is 1.53. The fourth-order valence-electron chi connectivity index (χ4n) is 2.86. The Bertz CT molecular complexity index is 547. The lowest BCUT2D eigenvalue weighted by Crippen LogP contribution is -2.40. The molecule has 128 valence electrons. The highest BCUT2D eigenvalue weighted by molar-refractivity contribution is 14.0. The molecule has 23 heavy (non-hydrogen) atoms. The first-order valence-electron chi connectivity index (χ1n) is 7.96. The van der Waals surface area contributed by atoms with E-state index in [-0.39, 0.29) is 35.9 Å². The van der Waals surface area contributed by atoms with Crippen molar-refractivity contribution in [3.05, 3.63) is 29.6 Å². The number of hydrogen-bond acceptors (Lipinski definition) is 5. The van der Waals surface area contributed by atoms with Crippen molar-refractivity contribution < 1.29 is 9.50 Å². The zero-order valence-electron chi connectivity index (χ0n) is 13.1. The smallest absolute Gasteiger partial charge is 0.191 e. The summed E-state index contributed by atoms with van der Waals surface area (Å²) in [6.45, 7) is 3.73. The average molecular weight is 434 g/mol. The van der Waals surface area contributed by atoms with Crippen molar-refractivity contribution in [3.8, 4) is 0 Å². The summed E-state index contributed by atoms with van der Waals surface area (Å²) in [6, 6.07) is 5.36. The fourth-order valence-corrected chi connectivity index (χ4v) is 2.86. The van der Waals surface area contributed by atoms with E-state index < -0.39 is 0 Å². The third-order valence-corrected chi connectivity index (χ3v) is 4.17. The minimum atomic E-state index is -0.244. The number of nitrogens with zero attached hydrogens (tertiary/aromatic N) is 2. The highest BCUT2D eigenvalue weighted by Crippen LogP contribution is 2.24. The quantitative estimate of drug-likeness (QED) is 0.636.